The molecule has 1 aliphatic rings. The van der Waals surface area contributed by atoms with E-state index in [4.69, 9.17) is 9.47 Å². The summed E-state index contributed by atoms with van der Waals surface area (Å²) in [5, 5.41) is 13.2. The molecule has 0 radical (unpaired) electrons. The van der Waals surface area contributed by atoms with Gasteiger partial charge < -0.3 is 14.5 Å². The van der Waals surface area contributed by atoms with Crippen LogP contribution >= 0.6 is 0 Å². The number of nitrogens with zero attached hydrogens (tertiary/aromatic N) is 5. The minimum Gasteiger partial charge on any atom is -0.383 e. The second kappa shape index (κ2) is 8.17. The fourth-order valence-electron chi connectivity index (χ4n) is 3.63. The molecule has 1 aromatic carbocycles. The zero-order valence-corrected chi connectivity index (χ0v) is 16.1. The molecule has 0 spiro atoms. The number of aryl methyl sites for hydroxylation is 1. The van der Waals surface area contributed by atoms with Crippen molar-refractivity contribution in [1.29, 1.82) is 0 Å². The average Bonchev–Trinajstić information content (AvgIpc) is 3.16. The van der Waals surface area contributed by atoms with Gasteiger partial charge >= 0.3 is 0 Å². The number of aromatic amines is 1. The van der Waals surface area contributed by atoms with Gasteiger partial charge in [0.05, 0.1) is 26.4 Å². The quantitative estimate of drug-likeness (QED) is 0.674. The number of methoxy groups -OCH3 is 1. The van der Waals surface area contributed by atoms with E-state index in [2.05, 4.69) is 31.5 Å². The predicted molar refractivity (Wildman–Crippen MR) is 103 cm³/mol. The third-order valence-corrected chi connectivity index (χ3v) is 5.05. The van der Waals surface area contributed by atoms with Gasteiger partial charge in [0.25, 0.3) is 5.56 Å². The Balaban J connectivity index is 1.84. The predicted octanol–water partition coefficient (Wildman–Crippen LogP) is 0.891. The van der Waals surface area contributed by atoms with Gasteiger partial charge in [-0.2, -0.15) is 0 Å². The molecule has 2 aromatic heterocycles. The first-order valence-corrected chi connectivity index (χ1v) is 9.38. The number of ether oxygens (including phenoxy) is 2. The number of fused-ring (bicyclic) bond motifs is 1. The van der Waals surface area contributed by atoms with E-state index in [1.54, 1.807) is 11.8 Å². The molecule has 28 heavy (non-hydrogen) atoms. The van der Waals surface area contributed by atoms with Crippen LogP contribution in [-0.4, -0.2) is 70.1 Å². The lowest BCUT2D eigenvalue weighted by Crippen LogP contribution is -2.42. The molecule has 0 bridgehead atoms. The van der Waals surface area contributed by atoms with Gasteiger partial charge in [0.2, 0.25) is 0 Å². The second-order valence-electron chi connectivity index (χ2n) is 6.95. The van der Waals surface area contributed by atoms with Crippen molar-refractivity contribution in [2.75, 3.05) is 40.0 Å². The number of hydrogen-bond donors (Lipinski definition) is 1. The maximum Gasteiger partial charge on any atom is 0.253 e. The van der Waals surface area contributed by atoms with Crippen LogP contribution in [0.4, 0.5) is 0 Å². The number of nitrogens with one attached hydrogen (secondary N) is 1. The lowest BCUT2D eigenvalue weighted by Gasteiger charge is -2.33. The van der Waals surface area contributed by atoms with Crippen LogP contribution in [0.3, 0.4) is 0 Å². The van der Waals surface area contributed by atoms with Crippen molar-refractivity contribution in [3.05, 3.63) is 51.6 Å². The number of H-pyrrole nitrogens is 1. The third kappa shape index (κ3) is 3.68. The van der Waals surface area contributed by atoms with Gasteiger partial charge in [-0.15, -0.1) is 5.10 Å². The standard InChI is InChI=1S/C19H24N6O3/c1-13-3-4-16-14(11-13)12-15(19(26)20-16)17(24-5-9-28-10-6-24)18-21-22-23-25(18)7-8-27-2/h3-4,11-12,17H,5-10H2,1-2H3,(H,20,26)/t17-/m1/s1. The molecule has 0 unspecified atom stereocenters. The molecule has 148 valence electrons. The summed E-state index contributed by atoms with van der Waals surface area (Å²) >= 11 is 0. The third-order valence-electron chi connectivity index (χ3n) is 5.05. The Hall–Kier alpha value is -2.62. The molecule has 0 amide bonds. The number of rotatable bonds is 6. The van der Waals surface area contributed by atoms with E-state index < -0.39 is 0 Å². The summed E-state index contributed by atoms with van der Waals surface area (Å²) in [5.41, 5.74) is 2.46. The van der Waals surface area contributed by atoms with E-state index in [-0.39, 0.29) is 11.6 Å². The SMILES string of the molecule is COCCn1nnnc1[C@@H](c1cc2cc(C)ccc2[nH]c1=O)N1CCOCC1. The van der Waals surface area contributed by atoms with Crippen molar-refractivity contribution in [3.8, 4) is 0 Å². The summed E-state index contributed by atoms with van der Waals surface area (Å²) in [5.74, 6) is 0.636. The average molecular weight is 384 g/mol. The Morgan fingerprint density at radius 2 is 2.11 bits per heavy atom. The summed E-state index contributed by atoms with van der Waals surface area (Å²) in [6, 6.07) is 7.59. The second-order valence-corrected chi connectivity index (χ2v) is 6.95. The maximum atomic E-state index is 13.0. The lowest BCUT2D eigenvalue weighted by molar-refractivity contribution is 0.0211. The van der Waals surface area contributed by atoms with Crippen molar-refractivity contribution in [2.24, 2.45) is 0 Å². The largest absolute Gasteiger partial charge is 0.383 e. The molecule has 1 fully saturated rings. The minimum atomic E-state index is -0.357. The minimum absolute atomic E-state index is 0.130. The molecular weight excluding hydrogens is 360 g/mol. The first kappa shape index (κ1) is 18.7. The molecule has 0 saturated carbocycles. The summed E-state index contributed by atoms with van der Waals surface area (Å²) in [6.07, 6.45) is 0. The summed E-state index contributed by atoms with van der Waals surface area (Å²) in [4.78, 5) is 18.2. The van der Waals surface area contributed by atoms with Gasteiger partial charge in [0.15, 0.2) is 5.82 Å². The van der Waals surface area contributed by atoms with Crippen LogP contribution in [0.2, 0.25) is 0 Å². The first-order valence-electron chi connectivity index (χ1n) is 9.38. The molecular formula is C19H24N6O3. The molecule has 4 rings (SSSR count). The van der Waals surface area contributed by atoms with Crippen LogP contribution < -0.4 is 5.56 Å². The topological polar surface area (TPSA) is 98.2 Å². The fraction of sp³-hybridized carbons (Fsp3) is 0.474. The highest BCUT2D eigenvalue weighted by molar-refractivity contribution is 5.79. The molecule has 1 N–H and O–H groups in total. The fourth-order valence-corrected chi connectivity index (χ4v) is 3.63. The highest BCUT2D eigenvalue weighted by Crippen LogP contribution is 2.27. The molecule has 9 nitrogen and oxygen atoms in total. The normalized spacial score (nSPS) is 16.5. The van der Waals surface area contributed by atoms with Gasteiger partial charge in [-0.05, 0) is 40.9 Å². The Morgan fingerprint density at radius 3 is 2.89 bits per heavy atom. The molecule has 1 saturated heterocycles. The van der Waals surface area contributed by atoms with Crippen LogP contribution in [0.1, 0.15) is 23.0 Å². The van der Waals surface area contributed by atoms with E-state index in [1.165, 1.54) is 0 Å². The van der Waals surface area contributed by atoms with E-state index in [0.29, 0.717) is 50.8 Å². The van der Waals surface area contributed by atoms with E-state index in [9.17, 15) is 4.79 Å². The molecule has 0 aliphatic carbocycles. The molecule has 1 atom stereocenters. The smallest absolute Gasteiger partial charge is 0.253 e. The van der Waals surface area contributed by atoms with Crippen LogP contribution in [0, 0.1) is 6.92 Å². The van der Waals surface area contributed by atoms with E-state index in [1.807, 2.05) is 25.1 Å². The van der Waals surface area contributed by atoms with Crippen molar-refractivity contribution < 1.29 is 9.47 Å². The monoisotopic (exact) mass is 384 g/mol. The highest BCUT2D eigenvalue weighted by atomic mass is 16.5. The highest BCUT2D eigenvalue weighted by Gasteiger charge is 2.31. The molecule has 1 aliphatic heterocycles. The summed E-state index contributed by atoms with van der Waals surface area (Å²) in [6.45, 7) is 5.67. The van der Waals surface area contributed by atoms with Crippen molar-refractivity contribution in [1.82, 2.24) is 30.1 Å². The van der Waals surface area contributed by atoms with E-state index >= 15 is 0 Å². The Bertz CT molecular complexity index is 1010. The zero-order valence-electron chi connectivity index (χ0n) is 16.1. The zero-order chi connectivity index (χ0) is 19.5. The van der Waals surface area contributed by atoms with Crippen molar-refractivity contribution in [2.45, 2.75) is 19.5 Å². The number of benzene rings is 1. The summed E-state index contributed by atoms with van der Waals surface area (Å²) < 4.78 is 12.4. The summed E-state index contributed by atoms with van der Waals surface area (Å²) in [7, 11) is 1.64. The molecule has 9 heteroatoms. The number of aromatic nitrogens is 5. The van der Waals surface area contributed by atoms with Crippen LogP contribution in [0.5, 0.6) is 0 Å². The number of hydrogen-bond acceptors (Lipinski definition) is 7. The number of tetrazole rings is 1. The first-order chi connectivity index (χ1) is 13.7. The Kier molecular flexibility index (Phi) is 5.47. The van der Waals surface area contributed by atoms with Gasteiger partial charge in [-0.1, -0.05) is 11.6 Å². The van der Waals surface area contributed by atoms with Crippen molar-refractivity contribution >= 4 is 10.9 Å². The van der Waals surface area contributed by atoms with Crippen LogP contribution in [0.25, 0.3) is 10.9 Å². The Morgan fingerprint density at radius 1 is 1.29 bits per heavy atom. The maximum absolute atomic E-state index is 13.0. The van der Waals surface area contributed by atoms with E-state index in [0.717, 1.165) is 16.5 Å². The Labute approximate surface area is 162 Å². The number of morpholine rings is 1. The lowest BCUT2D eigenvalue weighted by atomic mass is 10.0. The van der Waals surface area contributed by atoms with Crippen LogP contribution in [0.15, 0.2) is 29.1 Å². The molecule has 3 aromatic rings. The van der Waals surface area contributed by atoms with Gasteiger partial charge in [0, 0.05) is 31.3 Å². The van der Waals surface area contributed by atoms with Gasteiger partial charge in [0.1, 0.15) is 6.04 Å². The van der Waals surface area contributed by atoms with Crippen LogP contribution in [-0.2, 0) is 16.0 Å². The van der Waals surface area contributed by atoms with Crippen molar-refractivity contribution in [3.63, 3.8) is 0 Å². The molecule has 3 heterocycles. The van der Waals surface area contributed by atoms with Gasteiger partial charge in [-0.3, -0.25) is 9.69 Å². The number of pyridine rings is 1. The van der Waals surface area contributed by atoms with Gasteiger partial charge in [-0.25, -0.2) is 4.68 Å².